The maximum atomic E-state index is 12.2. The molecule has 0 radical (unpaired) electrons. The van der Waals surface area contributed by atoms with Gasteiger partial charge in [0.25, 0.3) is 5.89 Å². The van der Waals surface area contributed by atoms with Crippen molar-refractivity contribution in [3.05, 3.63) is 59.7 Å². The van der Waals surface area contributed by atoms with Crippen LogP contribution in [0.4, 0.5) is 0 Å². The third-order valence-electron chi connectivity index (χ3n) is 5.42. The number of benzene rings is 2. The number of amides is 1. The summed E-state index contributed by atoms with van der Waals surface area (Å²) in [5.41, 5.74) is 3.98. The molecule has 1 aromatic heterocycles. The Morgan fingerprint density at radius 1 is 1.13 bits per heavy atom. The molecule has 2 aromatic carbocycles. The van der Waals surface area contributed by atoms with Gasteiger partial charge in [-0.25, -0.2) is 0 Å². The molecular weight excluding hydrogens is 392 g/mol. The quantitative estimate of drug-likeness (QED) is 0.543. The molecular formula is C24H28N4O3. The van der Waals surface area contributed by atoms with Gasteiger partial charge in [0.2, 0.25) is 11.7 Å². The Labute approximate surface area is 181 Å². The number of rotatable bonds is 7. The molecule has 0 bridgehead atoms. The van der Waals surface area contributed by atoms with Gasteiger partial charge in [0.05, 0.1) is 6.10 Å². The third-order valence-corrected chi connectivity index (χ3v) is 5.42. The van der Waals surface area contributed by atoms with Gasteiger partial charge in [-0.05, 0) is 48.6 Å². The highest BCUT2D eigenvalue weighted by atomic mass is 16.5. The molecule has 1 amide bonds. The number of nitrogens with zero attached hydrogens (tertiary/aromatic N) is 2. The van der Waals surface area contributed by atoms with E-state index in [4.69, 9.17) is 4.52 Å². The third kappa shape index (κ3) is 5.18. The molecule has 2 heterocycles. The monoisotopic (exact) mass is 420 g/mol. The van der Waals surface area contributed by atoms with E-state index in [0.717, 1.165) is 23.1 Å². The lowest BCUT2D eigenvalue weighted by atomic mass is 10.0. The van der Waals surface area contributed by atoms with Crippen LogP contribution < -0.4 is 10.6 Å². The second kappa shape index (κ2) is 9.41. The Balaban J connectivity index is 1.37. The van der Waals surface area contributed by atoms with Gasteiger partial charge in [0, 0.05) is 17.7 Å². The minimum Gasteiger partial charge on any atom is -0.391 e. The number of aromatic nitrogens is 2. The zero-order valence-electron chi connectivity index (χ0n) is 17.8. The maximum Gasteiger partial charge on any atom is 0.258 e. The first-order valence-electron chi connectivity index (χ1n) is 10.7. The van der Waals surface area contributed by atoms with E-state index in [1.807, 2.05) is 36.4 Å². The van der Waals surface area contributed by atoms with Crippen LogP contribution in [0.5, 0.6) is 0 Å². The average Bonchev–Trinajstić information content (AvgIpc) is 3.42. The first-order valence-corrected chi connectivity index (χ1v) is 10.7. The highest BCUT2D eigenvalue weighted by molar-refractivity contribution is 5.82. The van der Waals surface area contributed by atoms with Gasteiger partial charge in [0.15, 0.2) is 0 Å². The Bertz CT molecular complexity index is 1010. The van der Waals surface area contributed by atoms with Crippen molar-refractivity contribution in [2.75, 3.05) is 6.54 Å². The predicted molar refractivity (Wildman–Crippen MR) is 118 cm³/mol. The van der Waals surface area contributed by atoms with Crippen molar-refractivity contribution in [3.8, 4) is 22.8 Å². The van der Waals surface area contributed by atoms with Gasteiger partial charge in [-0.2, -0.15) is 4.98 Å². The topological polar surface area (TPSA) is 100 Å². The Hall–Kier alpha value is -3.03. The Morgan fingerprint density at radius 2 is 1.81 bits per heavy atom. The summed E-state index contributed by atoms with van der Waals surface area (Å²) in [5, 5.41) is 19.8. The predicted octanol–water partition coefficient (Wildman–Crippen LogP) is 2.94. The zero-order chi connectivity index (χ0) is 21.8. The molecule has 4 rings (SSSR count). The van der Waals surface area contributed by atoms with Crippen LogP contribution in [0.2, 0.25) is 0 Å². The van der Waals surface area contributed by atoms with Crippen LogP contribution in [0.15, 0.2) is 53.1 Å². The van der Waals surface area contributed by atoms with Gasteiger partial charge >= 0.3 is 0 Å². The van der Waals surface area contributed by atoms with Gasteiger partial charge in [-0.3, -0.25) is 4.79 Å². The molecule has 1 fully saturated rings. The van der Waals surface area contributed by atoms with Crippen LogP contribution >= 0.6 is 0 Å². The van der Waals surface area contributed by atoms with Crippen molar-refractivity contribution in [1.82, 2.24) is 20.8 Å². The van der Waals surface area contributed by atoms with Crippen molar-refractivity contribution < 1.29 is 14.4 Å². The Morgan fingerprint density at radius 3 is 2.45 bits per heavy atom. The Kier molecular flexibility index (Phi) is 6.44. The largest absolute Gasteiger partial charge is 0.391 e. The van der Waals surface area contributed by atoms with E-state index in [1.165, 1.54) is 5.56 Å². The lowest BCUT2D eigenvalue weighted by Crippen LogP contribution is -2.45. The van der Waals surface area contributed by atoms with Crippen LogP contribution in [0.1, 0.15) is 31.4 Å². The summed E-state index contributed by atoms with van der Waals surface area (Å²) in [6.45, 7) is 5.45. The van der Waals surface area contributed by atoms with E-state index in [9.17, 15) is 9.90 Å². The molecule has 1 aliphatic rings. The molecule has 3 aromatic rings. The first kappa shape index (κ1) is 21.2. The molecule has 1 aliphatic heterocycles. The fourth-order valence-electron chi connectivity index (χ4n) is 3.74. The number of carbonyl (C=O) groups excluding carboxylic acids is 1. The lowest BCUT2D eigenvalue weighted by Gasteiger charge is -2.14. The van der Waals surface area contributed by atoms with Crippen LogP contribution in [-0.4, -0.2) is 39.8 Å². The minimum atomic E-state index is -0.624. The molecule has 2 atom stereocenters. The smallest absolute Gasteiger partial charge is 0.258 e. The fraction of sp³-hybridized carbons (Fsp3) is 0.375. The van der Waals surface area contributed by atoms with E-state index in [1.54, 1.807) is 0 Å². The molecule has 0 aliphatic carbocycles. The summed E-state index contributed by atoms with van der Waals surface area (Å²) >= 11 is 0. The van der Waals surface area contributed by atoms with Gasteiger partial charge in [-0.1, -0.05) is 55.4 Å². The van der Waals surface area contributed by atoms with Crippen molar-refractivity contribution in [2.24, 2.45) is 5.92 Å². The summed E-state index contributed by atoms with van der Waals surface area (Å²) in [7, 11) is 0. The summed E-state index contributed by atoms with van der Waals surface area (Å²) in [4.78, 5) is 16.7. The van der Waals surface area contributed by atoms with Crippen LogP contribution in [-0.2, 0) is 17.8 Å². The van der Waals surface area contributed by atoms with Crippen molar-refractivity contribution in [2.45, 2.75) is 45.4 Å². The van der Waals surface area contributed by atoms with E-state index in [2.05, 4.69) is 46.8 Å². The minimum absolute atomic E-state index is 0.184. The SMILES string of the molecule is CC(C)Cc1ccc(-c2nc(-c3ccc(CNC(=O)[C@H]4NCC[C@@H]4O)cc3)no2)cc1. The summed E-state index contributed by atoms with van der Waals surface area (Å²) in [6, 6.07) is 15.3. The molecule has 0 spiro atoms. The molecule has 162 valence electrons. The molecule has 3 N–H and O–H groups in total. The van der Waals surface area contributed by atoms with Crippen LogP contribution in [0, 0.1) is 5.92 Å². The molecule has 31 heavy (non-hydrogen) atoms. The van der Waals surface area contributed by atoms with Crippen molar-refractivity contribution in [1.29, 1.82) is 0 Å². The molecule has 1 saturated heterocycles. The lowest BCUT2D eigenvalue weighted by molar-refractivity contribution is -0.124. The fourth-order valence-corrected chi connectivity index (χ4v) is 3.74. The van der Waals surface area contributed by atoms with Crippen molar-refractivity contribution in [3.63, 3.8) is 0 Å². The second-order valence-corrected chi connectivity index (χ2v) is 8.42. The standard InChI is InChI=1S/C24H28N4O3/c1-15(2)13-16-3-9-19(10-4-16)24-27-22(28-31-24)18-7-5-17(6-8-18)14-26-23(30)21-20(29)11-12-25-21/h3-10,15,20-21,25,29H,11-14H2,1-2H3,(H,26,30)/t20-,21-/m0/s1. The molecule has 0 unspecified atom stereocenters. The van der Waals surface area contributed by atoms with Crippen LogP contribution in [0.25, 0.3) is 22.8 Å². The van der Waals surface area contributed by atoms with Gasteiger partial charge in [0.1, 0.15) is 6.04 Å². The van der Waals surface area contributed by atoms with E-state index in [0.29, 0.717) is 37.1 Å². The van der Waals surface area contributed by atoms with Gasteiger partial charge in [-0.15, -0.1) is 0 Å². The second-order valence-electron chi connectivity index (χ2n) is 8.42. The van der Waals surface area contributed by atoms with Gasteiger partial charge < -0.3 is 20.3 Å². The number of hydrogen-bond acceptors (Lipinski definition) is 6. The van der Waals surface area contributed by atoms with E-state index < -0.39 is 12.1 Å². The number of carbonyl (C=O) groups is 1. The number of aliphatic hydroxyl groups is 1. The molecule has 0 saturated carbocycles. The van der Waals surface area contributed by atoms with E-state index in [-0.39, 0.29) is 5.91 Å². The summed E-state index contributed by atoms with van der Waals surface area (Å²) in [5.74, 6) is 1.44. The van der Waals surface area contributed by atoms with Crippen molar-refractivity contribution >= 4 is 5.91 Å². The number of hydrogen-bond donors (Lipinski definition) is 3. The highest BCUT2D eigenvalue weighted by Crippen LogP contribution is 2.23. The number of nitrogens with one attached hydrogen (secondary N) is 2. The highest BCUT2D eigenvalue weighted by Gasteiger charge is 2.30. The zero-order valence-corrected chi connectivity index (χ0v) is 17.8. The average molecular weight is 421 g/mol. The summed E-state index contributed by atoms with van der Waals surface area (Å²) < 4.78 is 5.45. The maximum absolute atomic E-state index is 12.2. The molecule has 7 heteroatoms. The number of aliphatic hydroxyl groups excluding tert-OH is 1. The normalized spacial score (nSPS) is 18.5. The van der Waals surface area contributed by atoms with Crippen LogP contribution in [0.3, 0.4) is 0 Å². The summed E-state index contributed by atoms with van der Waals surface area (Å²) in [6.07, 6.45) is 1.02. The first-order chi connectivity index (χ1) is 15.0. The molecule has 7 nitrogen and oxygen atoms in total. The van der Waals surface area contributed by atoms with E-state index >= 15 is 0 Å².